The molecule has 0 aliphatic rings. The smallest absolute Gasteiger partial charge is 0.335 e. The number of carboxylic acids is 1. The molecule has 0 unspecified atom stereocenters. The van der Waals surface area contributed by atoms with E-state index in [9.17, 15) is 14.3 Å². The van der Waals surface area contributed by atoms with E-state index < -0.39 is 29.0 Å². The van der Waals surface area contributed by atoms with Crippen molar-refractivity contribution in [3.63, 3.8) is 0 Å². The maximum atomic E-state index is 13.4. The van der Waals surface area contributed by atoms with E-state index in [0.717, 1.165) is 6.07 Å². The second-order valence-electron chi connectivity index (χ2n) is 5.04. The number of aromatic carboxylic acids is 1. The van der Waals surface area contributed by atoms with Crippen LogP contribution in [0, 0.1) is 11.2 Å². The van der Waals surface area contributed by atoms with Crippen molar-refractivity contribution in [2.45, 2.75) is 26.8 Å². The summed E-state index contributed by atoms with van der Waals surface area (Å²) in [6, 6.07) is 1.32. The molecule has 0 fully saturated rings. The van der Waals surface area contributed by atoms with Crippen LogP contribution in [-0.2, 0) is 0 Å². The quantitative estimate of drug-likeness (QED) is 0.776. The number of nitrogens with two attached hydrogens (primary N) is 1. The Morgan fingerprint density at radius 2 is 1.89 bits per heavy atom. The van der Waals surface area contributed by atoms with Gasteiger partial charge in [-0.15, -0.1) is 12.4 Å². The van der Waals surface area contributed by atoms with Gasteiger partial charge in [-0.1, -0.05) is 20.8 Å². The second kappa shape index (κ2) is 5.54. The summed E-state index contributed by atoms with van der Waals surface area (Å²) in [6.45, 7) is 5.47. The van der Waals surface area contributed by atoms with Crippen LogP contribution in [0.3, 0.4) is 0 Å². The first-order chi connectivity index (χ1) is 7.64. The van der Waals surface area contributed by atoms with Crippen LogP contribution in [0.1, 0.15) is 42.7 Å². The highest BCUT2D eigenvalue weighted by Gasteiger charge is 2.27. The fourth-order valence-electron chi connectivity index (χ4n) is 1.45. The molecule has 0 aliphatic heterocycles. The van der Waals surface area contributed by atoms with Gasteiger partial charge in [-0.05, 0) is 17.5 Å². The lowest BCUT2D eigenvalue weighted by Crippen LogP contribution is -2.26. The lowest BCUT2D eigenvalue weighted by molar-refractivity contribution is 0.0696. The van der Waals surface area contributed by atoms with Gasteiger partial charge in [-0.3, -0.25) is 0 Å². The van der Waals surface area contributed by atoms with Gasteiger partial charge in [-0.2, -0.15) is 0 Å². The molecule has 1 aromatic rings. The van der Waals surface area contributed by atoms with Gasteiger partial charge in [-0.25, -0.2) is 9.18 Å². The molecule has 0 radical (unpaired) electrons. The molecule has 4 N–H and O–H groups in total. The molecule has 0 saturated heterocycles. The van der Waals surface area contributed by atoms with Crippen LogP contribution in [-0.4, -0.2) is 16.2 Å². The lowest BCUT2D eigenvalue weighted by atomic mass is 9.82. The summed E-state index contributed by atoms with van der Waals surface area (Å²) in [5, 5.41) is 18.4. The Balaban J connectivity index is 0.00000289. The van der Waals surface area contributed by atoms with Crippen molar-refractivity contribution in [1.29, 1.82) is 0 Å². The number of carboxylic acid groups (broad SMARTS) is 1. The zero-order valence-corrected chi connectivity index (χ0v) is 11.2. The Morgan fingerprint density at radius 3 is 2.28 bits per heavy atom. The number of rotatable bonds is 2. The molecule has 0 spiro atoms. The van der Waals surface area contributed by atoms with Gasteiger partial charge in [0.05, 0.1) is 5.56 Å². The molecule has 1 rings (SSSR count). The third kappa shape index (κ3) is 3.34. The fraction of sp³-hybridized carbons (Fsp3) is 0.417. The maximum absolute atomic E-state index is 13.4. The summed E-state index contributed by atoms with van der Waals surface area (Å²) in [6.07, 6.45) is 0. The van der Waals surface area contributed by atoms with Gasteiger partial charge in [0.15, 0.2) is 11.6 Å². The Hall–Kier alpha value is -1.33. The molecule has 0 aliphatic carbocycles. The van der Waals surface area contributed by atoms with Crippen LogP contribution in [0.15, 0.2) is 12.1 Å². The van der Waals surface area contributed by atoms with E-state index in [-0.39, 0.29) is 23.5 Å². The summed E-state index contributed by atoms with van der Waals surface area (Å²) in [7, 11) is 0. The van der Waals surface area contributed by atoms with Crippen LogP contribution in [0.25, 0.3) is 0 Å². The first-order valence-corrected chi connectivity index (χ1v) is 5.16. The van der Waals surface area contributed by atoms with E-state index in [4.69, 9.17) is 10.8 Å². The Kier molecular flexibility index (Phi) is 5.13. The predicted molar refractivity (Wildman–Crippen MR) is 68.7 cm³/mol. The number of carbonyl (C=O) groups is 1. The lowest BCUT2D eigenvalue weighted by Gasteiger charge is -2.28. The van der Waals surface area contributed by atoms with Crippen LogP contribution in [0.5, 0.6) is 5.75 Å². The third-order valence-corrected chi connectivity index (χ3v) is 2.61. The molecule has 1 aromatic carbocycles. The van der Waals surface area contributed by atoms with Gasteiger partial charge < -0.3 is 15.9 Å². The van der Waals surface area contributed by atoms with E-state index in [1.165, 1.54) is 6.07 Å². The molecule has 102 valence electrons. The van der Waals surface area contributed by atoms with E-state index in [2.05, 4.69) is 0 Å². The molecule has 0 bridgehead atoms. The van der Waals surface area contributed by atoms with Gasteiger partial charge in [0.25, 0.3) is 0 Å². The molecule has 0 amide bonds. The molecule has 0 heterocycles. The van der Waals surface area contributed by atoms with Crippen LogP contribution in [0.4, 0.5) is 4.39 Å². The van der Waals surface area contributed by atoms with Crippen LogP contribution in [0.2, 0.25) is 0 Å². The van der Waals surface area contributed by atoms with Gasteiger partial charge in [0.1, 0.15) is 0 Å². The van der Waals surface area contributed by atoms with Crippen molar-refractivity contribution in [2.75, 3.05) is 0 Å². The Labute approximate surface area is 111 Å². The van der Waals surface area contributed by atoms with Gasteiger partial charge in [0.2, 0.25) is 0 Å². The standard InChI is InChI=1S/C12H16FNO3.ClH/c1-12(2,3)10(14)7-4-6(11(16)17)5-8(13)9(7)15;/h4-5,10,15H,14H2,1-3H3,(H,16,17);1H/t10-;/m1./s1. The average Bonchev–Trinajstić information content (AvgIpc) is 2.19. The second-order valence-corrected chi connectivity index (χ2v) is 5.04. The topological polar surface area (TPSA) is 83.6 Å². The molecule has 0 saturated carbocycles. The monoisotopic (exact) mass is 277 g/mol. The molecule has 0 aromatic heterocycles. The minimum absolute atomic E-state index is 0. The van der Waals surface area contributed by atoms with E-state index in [1.54, 1.807) is 0 Å². The summed E-state index contributed by atoms with van der Waals surface area (Å²) >= 11 is 0. The summed E-state index contributed by atoms with van der Waals surface area (Å²) in [4.78, 5) is 10.8. The first-order valence-electron chi connectivity index (χ1n) is 5.16. The van der Waals surface area contributed by atoms with Crippen molar-refractivity contribution < 1.29 is 19.4 Å². The summed E-state index contributed by atoms with van der Waals surface area (Å²) in [5.74, 6) is -2.82. The van der Waals surface area contributed by atoms with Crippen molar-refractivity contribution in [3.8, 4) is 5.75 Å². The highest BCUT2D eigenvalue weighted by molar-refractivity contribution is 5.88. The average molecular weight is 278 g/mol. The minimum atomic E-state index is -1.26. The number of hydrogen-bond acceptors (Lipinski definition) is 3. The molecule has 6 heteroatoms. The number of aromatic hydroxyl groups is 1. The highest BCUT2D eigenvalue weighted by Crippen LogP contribution is 2.36. The van der Waals surface area contributed by atoms with Crippen molar-refractivity contribution >= 4 is 18.4 Å². The van der Waals surface area contributed by atoms with Crippen molar-refractivity contribution in [2.24, 2.45) is 11.1 Å². The number of benzene rings is 1. The van der Waals surface area contributed by atoms with Gasteiger partial charge in [0, 0.05) is 11.6 Å². The van der Waals surface area contributed by atoms with E-state index >= 15 is 0 Å². The maximum Gasteiger partial charge on any atom is 0.335 e. The number of phenolic OH excluding ortho intramolecular Hbond substituents is 1. The zero-order chi connectivity index (χ0) is 13.4. The summed E-state index contributed by atoms with van der Waals surface area (Å²) in [5.41, 5.74) is 5.36. The third-order valence-electron chi connectivity index (χ3n) is 2.61. The van der Waals surface area contributed by atoms with Crippen LogP contribution >= 0.6 is 12.4 Å². The first kappa shape index (κ1) is 16.7. The molecule has 18 heavy (non-hydrogen) atoms. The SMILES string of the molecule is CC(C)(C)[C@H](N)c1cc(C(=O)O)cc(F)c1O.Cl. The van der Waals surface area contributed by atoms with E-state index in [0.29, 0.717) is 0 Å². The number of halogens is 2. The van der Waals surface area contributed by atoms with Crippen LogP contribution < -0.4 is 5.73 Å². The molecular weight excluding hydrogens is 261 g/mol. The molecule has 1 atom stereocenters. The van der Waals surface area contributed by atoms with Crippen molar-refractivity contribution in [1.82, 2.24) is 0 Å². The van der Waals surface area contributed by atoms with E-state index in [1.807, 2.05) is 20.8 Å². The number of hydrogen-bond donors (Lipinski definition) is 3. The fourth-order valence-corrected chi connectivity index (χ4v) is 1.45. The Morgan fingerprint density at radius 1 is 1.39 bits per heavy atom. The summed E-state index contributed by atoms with van der Waals surface area (Å²) < 4.78 is 13.4. The number of phenols is 1. The zero-order valence-electron chi connectivity index (χ0n) is 10.4. The minimum Gasteiger partial charge on any atom is -0.505 e. The molecule has 4 nitrogen and oxygen atoms in total. The molecular formula is C12H17ClFNO3. The normalized spacial score (nSPS) is 12.7. The Bertz CT molecular complexity index is 457. The highest BCUT2D eigenvalue weighted by atomic mass is 35.5. The van der Waals surface area contributed by atoms with Crippen molar-refractivity contribution in [3.05, 3.63) is 29.1 Å². The largest absolute Gasteiger partial charge is 0.505 e. The van der Waals surface area contributed by atoms with Gasteiger partial charge >= 0.3 is 5.97 Å². The predicted octanol–water partition coefficient (Wildman–Crippen LogP) is 2.70.